The maximum atomic E-state index is 12.7. The summed E-state index contributed by atoms with van der Waals surface area (Å²) in [7, 11) is -2.35. The predicted molar refractivity (Wildman–Crippen MR) is 105 cm³/mol. The highest BCUT2D eigenvalue weighted by Crippen LogP contribution is 2.25. The van der Waals surface area contributed by atoms with Gasteiger partial charge in [0, 0.05) is 22.8 Å². The van der Waals surface area contributed by atoms with Gasteiger partial charge in [0.25, 0.3) is 5.91 Å². The quantitative estimate of drug-likeness (QED) is 0.699. The van der Waals surface area contributed by atoms with E-state index in [2.05, 4.69) is 26.0 Å². The molecule has 27 heavy (non-hydrogen) atoms. The summed E-state index contributed by atoms with van der Waals surface area (Å²) in [5.41, 5.74) is 0.703. The van der Waals surface area contributed by atoms with Crippen LogP contribution in [0.15, 0.2) is 51.8 Å². The molecule has 0 aliphatic carbocycles. The maximum absolute atomic E-state index is 12.7. The molecular weight excluding hydrogens is 436 g/mol. The van der Waals surface area contributed by atoms with Crippen LogP contribution in [0.5, 0.6) is 5.75 Å². The van der Waals surface area contributed by atoms with Crippen LogP contribution in [0.4, 0.5) is 5.69 Å². The number of carbonyl (C=O) groups is 1. The first-order chi connectivity index (χ1) is 12.9. The highest BCUT2D eigenvalue weighted by molar-refractivity contribution is 9.10. The van der Waals surface area contributed by atoms with Gasteiger partial charge in [-0.2, -0.15) is 0 Å². The molecule has 9 heteroatoms. The van der Waals surface area contributed by atoms with Crippen molar-refractivity contribution in [2.24, 2.45) is 0 Å². The number of sulfonamides is 1. The number of amides is 1. The number of hydrogen-bond acceptors (Lipinski definition) is 5. The molecule has 1 aliphatic heterocycles. The molecule has 7 nitrogen and oxygen atoms in total. The zero-order chi connectivity index (χ0) is 19.4. The van der Waals surface area contributed by atoms with Crippen LogP contribution in [0.1, 0.15) is 16.8 Å². The lowest BCUT2D eigenvalue weighted by Gasteiger charge is -2.14. The number of ether oxygens (including phenoxy) is 2. The predicted octanol–water partition coefficient (Wildman–Crippen LogP) is 2.78. The summed E-state index contributed by atoms with van der Waals surface area (Å²) < 4.78 is 39.1. The molecule has 0 spiro atoms. The molecule has 0 radical (unpaired) electrons. The molecule has 1 amide bonds. The lowest BCUT2D eigenvalue weighted by molar-refractivity contribution is 0.102. The van der Waals surface area contributed by atoms with Gasteiger partial charge in [-0.1, -0.05) is 22.0 Å². The highest BCUT2D eigenvalue weighted by Gasteiger charge is 2.25. The largest absolute Gasteiger partial charge is 0.496 e. The van der Waals surface area contributed by atoms with Crippen molar-refractivity contribution >= 4 is 37.5 Å². The first-order valence-corrected chi connectivity index (χ1v) is 10.5. The van der Waals surface area contributed by atoms with E-state index in [4.69, 9.17) is 9.47 Å². The lowest BCUT2D eigenvalue weighted by Crippen LogP contribution is -2.35. The van der Waals surface area contributed by atoms with Crippen molar-refractivity contribution in [2.75, 3.05) is 25.6 Å². The smallest absolute Gasteiger partial charge is 0.259 e. The summed E-state index contributed by atoms with van der Waals surface area (Å²) in [4.78, 5) is 12.7. The van der Waals surface area contributed by atoms with E-state index in [1.54, 1.807) is 18.2 Å². The molecule has 2 N–H and O–H groups in total. The highest BCUT2D eigenvalue weighted by atomic mass is 79.9. The van der Waals surface area contributed by atoms with Crippen molar-refractivity contribution in [2.45, 2.75) is 17.4 Å². The Morgan fingerprint density at radius 3 is 2.74 bits per heavy atom. The van der Waals surface area contributed by atoms with E-state index >= 15 is 0 Å². The Bertz CT molecular complexity index is 943. The average molecular weight is 455 g/mol. The van der Waals surface area contributed by atoms with Crippen LogP contribution >= 0.6 is 15.9 Å². The van der Waals surface area contributed by atoms with Crippen molar-refractivity contribution in [3.63, 3.8) is 0 Å². The Kier molecular flexibility index (Phi) is 6.15. The SMILES string of the molecule is COc1ccc(S(=O)(=O)N[C@H]2CCOC2)cc1C(=O)Nc1cccc(Br)c1. The van der Waals surface area contributed by atoms with Gasteiger partial charge < -0.3 is 14.8 Å². The molecule has 1 saturated heterocycles. The fourth-order valence-corrected chi connectivity index (χ4v) is 4.39. The van der Waals surface area contributed by atoms with E-state index in [1.165, 1.54) is 25.3 Å². The minimum absolute atomic E-state index is 0.00501. The molecule has 0 unspecified atom stereocenters. The third kappa shape index (κ3) is 4.86. The molecule has 144 valence electrons. The zero-order valence-electron chi connectivity index (χ0n) is 14.6. The fraction of sp³-hybridized carbons (Fsp3) is 0.278. The molecule has 2 aromatic carbocycles. The van der Waals surface area contributed by atoms with Gasteiger partial charge in [-0.15, -0.1) is 0 Å². The second-order valence-electron chi connectivity index (χ2n) is 6.01. The van der Waals surface area contributed by atoms with Crippen LogP contribution in [0.3, 0.4) is 0 Å². The number of hydrogen-bond donors (Lipinski definition) is 2. The number of nitrogens with one attached hydrogen (secondary N) is 2. The van der Waals surface area contributed by atoms with Crippen LogP contribution in [0.25, 0.3) is 0 Å². The summed E-state index contributed by atoms with van der Waals surface area (Å²) in [6.07, 6.45) is 0.617. The van der Waals surface area contributed by atoms with Gasteiger partial charge in [-0.3, -0.25) is 4.79 Å². The Morgan fingerprint density at radius 2 is 2.07 bits per heavy atom. The van der Waals surface area contributed by atoms with Crippen molar-refractivity contribution in [3.8, 4) is 5.75 Å². The molecule has 3 rings (SSSR count). The van der Waals surface area contributed by atoms with Crippen LogP contribution in [0.2, 0.25) is 0 Å². The molecule has 0 bridgehead atoms. The minimum Gasteiger partial charge on any atom is -0.496 e. The maximum Gasteiger partial charge on any atom is 0.259 e. The van der Waals surface area contributed by atoms with Gasteiger partial charge in [-0.05, 0) is 42.8 Å². The van der Waals surface area contributed by atoms with Crippen molar-refractivity contribution in [3.05, 3.63) is 52.5 Å². The van der Waals surface area contributed by atoms with E-state index in [0.29, 0.717) is 25.3 Å². The molecular formula is C18H19BrN2O5S. The molecule has 0 aromatic heterocycles. The minimum atomic E-state index is -3.78. The Balaban J connectivity index is 1.87. The van der Waals surface area contributed by atoms with Gasteiger partial charge in [-0.25, -0.2) is 13.1 Å². The molecule has 1 aliphatic rings. The standard InChI is InChI=1S/C18H19BrN2O5S/c1-25-17-6-5-15(27(23,24)21-14-7-8-26-11-14)10-16(17)18(22)20-13-4-2-3-12(19)9-13/h2-6,9-10,14,21H,7-8,11H2,1H3,(H,20,22)/t14-/m0/s1. The van der Waals surface area contributed by atoms with Crippen molar-refractivity contribution < 1.29 is 22.7 Å². The van der Waals surface area contributed by atoms with Gasteiger partial charge >= 0.3 is 0 Å². The first kappa shape index (κ1) is 19.8. The van der Waals surface area contributed by atoms with E-state index in [9.17, 15) is 13.2 Å². The Hall–Kier alpha value is -1.94. The normalized spacial score (nSPS) is 16.9. The van der Waals surface area contributed by atoms with E-state index in [-0.39, 0.29) is 22.3 Å². The Labute approximate surface area is 166 Å². The Morgan fingerprint density at radius 1 is 1.26 bits per heavy atom. The molecule has 0 saturated carbocycles. The fourth-order valence-electron chi connectivity index (χ4n) is 2.71. The van der Waals surface area contributed by atoms with Crippen LogP contribution in [-0.2, 0) is 14.8 Å². The number of methoxy groups -OCH3 is 1. The average Bonchev–Trinajstić information content (AvgIpc) is 3.13. The number of carbonyl (C=O) groups excluding carboxylic acids is 1. The van der Waals surface area contributed by atoms with Gasteiger partial charge in [0.2, 0.25) is 10.0 Å². The monoisotopic (exact) mass is 454 g/mol. The van der Waals surface area contributed by atoms with Gasteiger partial charge in [0.1, 0.15) is 5.75 Å². The summed E-state index contributed by atoms with van der Waals surface area (Å²) in [5, 5.41) is 2.74. The van der Waals surface area contributed by atoms with Crippen LogP contribution < -0.4 is 14.8 Å². The van der Waals surface area contributed by atoms with Crippen molar-refractivity contribution in [1.82, 2.24) is 4.72 Å². The molecule has 1 atom stereocenters. The van der Waals surface area contributed by atoms with E-state index in [0.717, 1.165) is 4.47 Å². The summed E-state index contributed by atoms with van der Waals surface area (Å²) in [6.45, 7) is 0.863. The molecule has 2 aromatic rings. The zero-order valence-corrected chi connectivity index (χ0v) is 17.0. The second kappa shape index (κ2) is 8.39. The topological polar surface area (TPSA) is 93.7 Å². The van der Waals surface area contributed by atoms with Gasteiger partial charge in [0.05, 0.1) is 24.2 Å². The molecule has 1 heterocycles. The summed E-state index contributed by atoms with van der Waals surface area (Å²) in [5.74, 6) is -0.183. The number of halogens is 1. The third-order valence-corrected chi connectivity index (χ3v) is 6.07. The number of anilines is 1. The first-order valence-electron chi connectivity index (χ1n) is 8.24. The third-order valence-electron chi connectivity index (χ3n) is 4.06. The summed E-state index contributed by atoms with van der Waals surface area (Å²) in [6, 6.07) is 11.0. The van der Waals surface area contributed by atoms with Crippen LogP contribution in [-0.4, -0.2) is 40.7 Å². The van der Waals surface area contributed by atoms with E-state index < -0.39 is 15.9 Å². The number of rotatable bonds is 6. The lowest BCUT2D eigenvalue weighted by atomic mass is 10.2. The summed E-state index contributed by atoms with van der Waals surface area (Å²) >= 11 is 3.34. The molecule has 1 fully saturated rings. The van der Waals surface area contributed by atoms with Crippen molar-refractivity contribution in [1.29, 1.82) is 0 Å². The number of benzene rings is 2. The van der Waals surface area contributed by atoms with E-state index in [1.807, 2.05) is 6.07 Å². The second-order valence-corrected chi connectivity index (χ2v) is 8.64. The van der Waals surface area contributed by atoms with Gasteiger partial charge in [0.15, 0.2) is 0 Å². The van der Waals surface area contributed by atoms with Crippen LogP contribution in [0, 0.1) is 0 Å².